The van der Waals surface area contributed by atoms with Crippen molar-refractivity contribution in [2.24, 2.45) is 0 Å². The molecule has 0 aromatic heterocycles. The molecule has 6 nitrogen and oxygen atoms in total. The average molecular weight is 422 g/mol. The smallest absolute Gasteiger partial charge is 0.229 e. The van der Waals surface area contributed by atoms with E-state index in [2.05, 4.69) is 11.0 Å². The zero-order valence-electron chi connectivity index (χ0n) is 17.0. The van der Waals surface area contributed by atoms with Gasteiger partial charge in [-0.25, -0.2) is 0 Å². The third-order valence-electron chi connectivity index (χ3n) is 5.32. The van der Waals surface area contributed by atoms with Gasteiger partial charge in [0.2, 0.25) is 5.91 Å². The molecule has 0 unspecified atom stereocenters. The van der Waals surface area contributed by atoms with Crippen molar-refractivity contribution in [3.63, 3.8) is 0 Å². The van der Waals surface area contributed by atoms with Gasteiger partial charge < -0.3 is 14.4 Å². The molecule has 154 valence electrons. The number of hydrogen-bond donors (Lipinski definition) is 0. The lowest BCUT2D eigenvalue weighted by Crippen LogP contribution is -2.47. The molecule has 2 heterocycles. The molecular weight excluding hydrogens is 398 g/mol. The minimum absolute atomic E-state index is 0.0240. The van der Waals surface area contributed by atoms with Crippen molar-refractivity contribution in [2.45, 2.75) is 19.3 Å². The predicted octanol–water partition coefficient (Wildman–Crippen LogP) is 4.31. The molecule has 2 aliphatic heterocycles. The van der Waals surface area contributed by atoms with Crippen molar-refractivity contribution >= 4 is 23.4 Å². The van der Waals surface area contributed by atoms with E-state index in [0.29, 0.717) is 24.7 Å². The van der Waals surface area contributed by atoms with Gasteiger partial charge in [0.05, 0.1) is 48.6 Å². The number of methoxy groups -OCH3 is 1. The van der Waals surface area contributed by atoms with Crippen LogP contribution in [-0.4, -0.2) is 37.1 Å². The Kier molecular flexibility index (Phi) is 5.86. The summed E-state index contributed by atoms with van der Waals surface area (Å²) in [5, 5.41) is 10.7. The van der Waals surface area contributed by atoms with Crippen molar-refractivity contribution in [1.29, 1.82) is 5.26 Å². The van der Waals surface area contributed by atoms with Crippen molar-refractivity contribution in [3.8, 4) is 17.6 Å². The lowest BCUT2D eigenvalue weighted by molar-refractivity contribution is -0.129. The second-order valence-electron chi connectivity index (χ2n) is 7.04. The molecule has 0 bridgehead atoms. The summed E-state index contributed by atoms with van der Waals surface area (Å²) >= 11 is 1.53. The number of para-hydroxylation sites is 2. The molecular formula is C23H23N3O3S. The molecule has 1 atom stereocenters. The molecule has 1 saturated heterocycles. The van der Waals surface area contributed by atoms with Gasteiger partial charge >= 0.3 is 0 Å². The number of anilines is 1. The number of amides is 1. The Balaban J connectivity index is 1.64. The van der Waals surface area contributed by atoms with Crippen molar-refractivity contribution in [1.82, 2.24) is 4.90 Å². The van der Waals surface area contributed by atoms with E-state index in [1.807, 2.05) is 55.5 Å². The summed E-state index contributed by atoms with van der Waals surface area (Å²) in [6.45, 7) is 2.94. The second kappa shape index (κ2) is 8.72. The van der Waals surface area contributed by atoms with E-state index in [9.17, 15) is 10.1 Å². The van der Waals surface area contributed by atoms with Crippen molar-refractivity contribution in [3.05, 3.63) is 64.7 Å². The molecule has 30 heavy (non-hydrogen) atoms. The Morgan fingerprint density at radius 2 is 1.97 bits per heavy atom. The molecule has 0 radical (unpaired) electrons. The number of carbonyl (C=O) groups excluding carboxylic acids is 1. The van der Waals surface area contributed by atoms with E-state index in [4.69, 9.17) is 9.47 Å². The summed E-state index contributed by atoms with van der Waals surface area (Å²) in [6, 6.07) is 17.8. The lowest BCUT2D eigenvalue weighted by Gasteiger charge is -2.42. The number of nitriles is 1. The van der Waals surface area contributed by atoms with Gasteiger partial charge in [0.25, 0.3) is 0 Å². The number of benzene rings is 2. The summed E-state index contributed by atoms with van der Waals surface area (Å²) < 4.78 is 11.0. The molecule has 0 spiro atoms. The average Bonchev–Trinajstić information content (AvgIpc) is 2.79. The van der Waals surface area contributed by atoms with E-state index in [1.54, 1.807) is 12.0 Å². The number of allylic oxidation sites excluding steroid dienone is 1. The number of nitrogens with zero attached hydrogens (tertiary/aromatic N) is 3. The monoisotopic (exact) mass is 421 g/mol. The van der Waals surface area contributed by atoms with Crippen LogP contribution in [0.3, 0.4) is 0 Å². The molecule has 0 saturated carbocycles. The van der Waals surface area contributed by atoms with E-state index in [-0.39, 0.29) is 18.2 Å². The van der Waals surface area contributed by atoms with E-state index < -0.39 is 0 Å². The van der Waals surface area contributed by atoms with Crippen LogP contribution < -0.4 is 14.4 Å². The predicted molar refractivity (Wildman–Crippen MR) is 117 cm³/mol. The Bertz CT molecular complexity index is 1010. The van der Waals surface area contributed by atoms with Gasteiger partial charge in [0, 0.05) is 12.3 Å². The van der Waals surface area contributed by atoms with Crippen LogP contribution in [0, 0.1) is 11.3 Å². The number of ether oxygens (including phenoxy) is 2. The van der Waals surface area contributed by atoms with E-state index in [0.717, 1.165) is 27.8 Å². The first kappa shape index (κ1) is 20.2. The normalized spacial score (nSPS) is 18.7. The number of rotatable bonds is 5. The highest BCUT2D eigenvalue weighted by molar-refractivity contribution is 8.03. The van der Waals surface area contributed by atoms with Crippen LogP contribution in [0.15, 0.2) is 59.1 Å². The Hall–Kier alpha value is -3.11. The second-order valence-corrected chi connectivity index (χ2v) is 7.97. The molecule has 2 aromatic rings. The molecule has 7 heteroatoms. The Morgan fingerprint density at radius 1 is 1.20 bits per heavy atom. The summed E-state index contributed by atoms with van der Waals surface area (Å²) in [6.07, 6.45) is 0.278. The summed E-state index contributed by atoms with van der Waals surface area (Å²) in [5.74, 6) is 1.99. The summed E-state index contributed by atoms with van der Waals surface area (Å²) in [4.78, 5) is 16.9. The van der Waals surface area contributed by atoms with E-state index >= 15 is 0 Å². The highest BCUT2D eigenvalue weighted by Crippen LogP contribution is 2.44. The van der Waals surface area contributed by atoms with Crippen LogP contribution in [0.25, 0.3) is 0 Å². The largest absolute Gasteiger partial charge is 0.497 e. The zero-order chi connectivity index (χ0) is 21.1. The van der Waals surface area contributed by atoms with Gasteiger partial charge in [-0.1, -0.05) is 36.0 Å². The fraction of sp³-hybridized carbons (Fsp3) is 0.304. The van der Waals surface area contributed by atoms with Crippen LogP contribution in [0.4, 0.5) is 5.69 Å². The van der Waals surface area contributed by atoms with Crippen LogP contribution >= 0.6 is 11.8 Å². The van der Waals surface area contributed by atoms with Crippen LogP contribution in [0.1, 0.15) is 24.8 Å². The number of hydrogen-bond acceptors (Lipinski definition) is 6. The highest BCUT2D eigenvalue weighted by Gasteiger charge is 2.38. The van der Waals surface area contributed by atoms with Gasteiger partial charge in [-0.15, -0.1) is 0 Å². The first-order chi connectivity index (χ1) is 14.7. The maximum atomic E-state index is 13.1. The third-order valence-corrected chi connectivity index (χ3v) is 6.47. The van der Waals surface area contributed by atoms with Crippen molar-refractivity contribution in [2.75, 3.05) is 31.2 Å². The number of fused-ring (bicyclic) bond motifs is 1. The fourth-order valence-electron chi connectivity index (χ4n) is 3.83. The van der Waals surface area contributed by atoms with Gasteiger partial charge in [-0.05, 0) is 36.8 Å². The molecule has 2 aliphatic rings. The third kappa shape index (κ3) is 3.71. The molecule has 4 rings (SSSR count). The van der Waals surface area contributed by atoms with Crippen LogP contribution in [0.5, 0.6) is 11.5 Å². The fourth-order valence-corrected chi connectivity index (χ4v) is 4.99. The molecule has 1 amide bonds. The van der Waals surface area contributed by atoms with E-state index in [1.165, 1.54) is 11.8 Å². The maximum Gasteiger partial charge on any atom is 0.229 e. The molecule has 2 aromatic carbocycles. The molecule has 0 aliphatic carbocycles. The first-order valence-corrected chi connectivity index (χ1v) is 10.8. The van der Waals surface area contributed by atoms with Crippen molar-refractivity contribution < 1.29 is 14.3 Å². The molecule has 0 N–H and O–H groups in total. The minimum Gasteiger partial charge on any atom is -0.497 e. The standard InChI is InChI=1S/C23H23N3O3S/c1-3-29-21-7-5-4-6-20(21)25-14-26-22(27)12-18(19(13-24)23(26)30-15-25)16-8-10-17(28-2)11-9-16/h4-11,18H,3,12,14-15H2,1-2H3/t18-/m0/s1. The Morgan fingerprint density at radius 3 is 2.67 bits per heavy atom. The van der Waals surface area contributed by atoms with Gasteiger partial charge in [-0.2, -0.15) is 5.26 Å². The van der Waals surface area contributed by atoms with Crippen LogP contribution in [0.2, 0.25) is 0 Å². The van der Waals surface area contributed by atoms with Gasteiger partial charge in [-0.3, -0.25) is 9.69 Å². The topological polar surface area (TPSA) is 65.8 Å². The summed E-state index contributed by atoms with van der Waals surface area (Å²) in [5.41, 5.74) is 2.56. The SMILES string of the molecule is CCOc1ccccc1N1CSC2=C(C#N)[C@H](c3ccc(OC)cc3)CC(=O)N2C1. The number of thioether (sulfide) groups is 1. The van der Waals surface area contributed by atoms with Gasteiger partial charge in [0.1, 0.15) is 11.5 Å². The Labute approximate surface area is 180 Å². The van der Waals surface area contributed by atoms with Crippen LogP contribution in [-0.2, 0) is 4.79 Å². The van der Waals surface area contributed by atoms with Gasteiger partial charge in [0.15, 0.2) is 0 Å². The lowest BCUT2D eigenvalue weighted by atomic mass is 9.86. The first-order valence-electron chi connectivity index (χ1n) is 9.84. The molecule has 1 fully saturated rings. The number of carbonyl (C=O) groups is 1. The quantitative estimate of drug-likeness (QED) is 0.717. The summed E-state index contributed by atoms with van der Waals surface area (Å²) in [7, 11) is 1.62. The zero-order valence-corrected chi connectivity index (χ0v) is 17.8. The maximum absolute atomic E-state index is 13.1. The highest BCUT2D eigenvalue weighted by atomic mass is 32.2. The minimum atomic E-state index is -0.227.